The van der Waals surface area contributed by atoms with Gasteiger partial charge >= 0.3 is 0 Å². The molecule has 0 spiro atoms. The van der Waals surface area contributed by atoms with Crippen LogP contribution in [0.15, 0.2) is 53.4 Å². The first-order chi connectivity index (χ1) is 15.3. The first-order valence-corrected chi connectivity index (χ1v) is 11.0. The van der Waals surface area contributed by atoms with Gasteiger partial charge in [-0.1, -0.05) is 29.7 Å². The van der Waals surface area contributed by atoms with Crippen LogP contribution in [0.5, 0.6) is 0 Å². The normalized spacial score (nSPS) is 12.8. The van der Waals surface area contributed by atoms with Crippen molar-refractivity contribution >= 4 is 33.1 Å². The molecule has 0 amide bonds. The Morgan fingerprint density at radius 3 is 2.75 bits per heavy atom. The third-order valence-corrected chi connectivity index (χ3v) is 6.10. The molecule has 0 saturated carbocycles. The zero-order valence-electron chi connectivity index (χ0n) is 16.5. The number of anilines is 2. The lowest BCUT2D eigenvalue weighted by molar-refractivity contribution is 0.140. The zero-order chi connectivity index (χ0) is 22.9. The summed E-state index contributed by atoms with van der Waals surface area (Å²) in [7, 11) is -2.69. The molecule has 0 bridgehead atoms. The average molecular weight is 477 g/mol. The van der Waals surface area contributed by atoms with E-state index in [9.17, 15) is 17.2 Å². The van der Waals surface area contributed by atoms with Crippen molar-refractivity contribution in [2.75, 3.05) is 17.0 Å². The Kier molecular flexibility index (Phi) is 5.99. The third kappa shape index (κ3) is 4.37. The number of hydrazine groups is 1. The molecule has 4 rings (SSSR count). The van der Waals surface area contributed by atoms with Gasteiger partial charge in [0.25, 0.3) is 10.0 Å². The van der Waals surface area contributed by atoms with Gasteiger partial charge in [-0.3, -0.25) is 9.56 Å². The summed E-state index contributed by atoms with van der Waals surface area (Å²) in [6.45, 7) is 0.516. The van der Waals surface area contributed by atoms with E-state index < -0.39 is 32.9 Å². The monoisotopic (exact) mass is 476 g/mol. The van der Waals surface area contributed by atoms with Crippen LogP contribution >= 0.6 is 11.6 Å². The van der Waals surface area contributed by atoms with E-state index in [1.807, 2.05) is 0 Å². The Balaban J connectivity index is 1.66. The standard InChI is InChI=1S/C21H15ClF2N4O3S/c1-31-28-21-13(12-25-28)5-6-15(26-21)7-8-17-18(23)9-10-19(20(17)24)27-32(29,30)16-4-2-3-14(22)11-16/h2-6,9-11,25,27H,12H2,1H3. The predicted octanol–water partition coefficient (Wildman–Crippen LogP) is 3.60. The van der Waals surface area contributed by atoms with E-state index in [-0.39, 0.29) is 15.6 Å². The lowest BCUT2D eigenvalue weighted by Gasteiger charge is -2.13. The molecule has 0 saturated heterocycles. The molecule has 2 heterocycles. The summed E-state index contributed by atoms with van der Waals surface area (Å²) in [6, 6.07) is 10.7. The van der Waals surface area contributed by atoms with Crippen LogP contribution in [0, 0.1) is 23.5 Å². The van der Waals surface area contributed by atoms with Crippen LogP contribution in [0.1, 0.15) is 16.8 Å². The van der Waals surface area contributed by atoms with Crippen molar-refractivity contribution in [3.8, 4) is 11.8 Å². The molecule has 3 aromatic rings. The molecule has 1 aliphatic rings. The number of hydrogen-bond donors (Lipinski definition) is 2. The largest absolute Gasteiger partial charge is 0.277 e. The summed E-state index contributed by atoms with van der Waals surface area (Å²) < 4.78 is 56.4. The van der Waals surface area contributed by atoms with Crippen molar-refractivity contribution in [3.05, 3.63) is 82.0 Å². The number of benzene rings is 2. The molecule has 11 heteroatoms. The Morgan fingerprint density at radius 1 is 1.19 bits per heavy atom. The van der Waals surface area contributed by atoms with Crippen molar-refractivity contribution < 1.29 is 22.0 Å². The maximum absolute atomic E-state index is 14.9. The van der Waals surface area contributed by atoms with E-state index in [2.05, 4.69) is 27.0 Å². The summed E-state index contributed by atoms with van der Waals surface area (Å²) in [5.74, 6) is 3.40. The van der Waals surface area contributed by atoms with E-state index in [0.29, 0.717) is 12.4 Å². The van der Waals surface area contributed by atoms with Gasteiger partial charge in [0.05, 0.1) is 23.3 Å². The highest BCUT2D eigenvalue weighted by Gasteiger charge is 2.21. The Morgan fingerprint density at radius 2 is 2.00 bits per heavy atom. The summed E-state index contributed by atoms with van der Waals surface area (Å²) in [5, 5.41) is 1.55. The number of hydrogen-bond acceptors (Lipinski definition) is 6. The summed E-state index contributed by atoms with van der Waals surface area (Å²) >= 11 is 5.83. The summed E-state index contributed by atoms with van der Waals surface area (Å²) in [5.41, 5.74) is 3.01. The maximum atomic E-state index is 14.9. The maximum Gasteiger partial charge on any atom is 0.262 e. The fourth-order valence-corrected chi connectivity index (χ4v) is 4.31. The van der Waals surface area contributed by atoms with E-state index in [0.717, 1.165) is 17.7 Å². The zero-order valence-corrected chi connectivity index (χ0v) is 18.1. The number of aromatic nitrogens is 1. The molecular weight excluding hydrogens is 462 g/mol. The highest BCUT2D eigenvalue weighted by molar-refractivity contribution is 7.92. The Bertz CT molecular complexity index is 1370. The molecule has 164 valence electrons. The van der Waals surface area contributed by atoms with Crippen molar-refractivity contribution in [1.29, 1.82) is 0 Å². The number of nitrogens with one attached hydrogen (secondary N) is 2. The van der Waals surface area contributed by atoms with Crippen LogP contribution in [-0.2, 0) is 21.4 Å². The number of rotatable bonds is 4. The minimum Gasteiger partial charge on any atom is -0.277 e. The van der Waals surface area contributed by atoms with E-state index in [1.165, 1.54) is 36.5 Å². The van der Waals surface area contributed by atoms with Crippen LogP contribution < -0.4 is 15.3 Å². The van der Waals surface area contributed by atoms with Gasteiger partial charge in [0.2, 0.25) is 0 Å². The molecule has 0 radical (unpaired) electrons. The van der Waals surface area contributed by atoms with Crippen molar-refractivity contribution in [3.63, 3.8) is 0 Å². The number of halogens is 3. The van der Waals surface area contributed by atoms with Crippen molar-refractivity contribution in [2.45, 2.75) is 11.4 Å². The van der Waals surface area contributed by atoms with E-state index >= 15 is 0 Å². The lowest BCUT2D eigenvalue weighted by Crippen LogP contribution is -2.31. The Labute approximate surface area is 188 Å². The van der Waals surface area contributed by atoms with Crippen molar-refractivity contribution in [1.82, 2.24) is 10.4 Å². The fraction of sp³-hybridized carbons (Fsp3) is 0.0952. The highest BCUT2D eigenvalue weighted by atomic mass is 35.5. The molecule has 0 fully saturated rings. The topological polar surface area (TPSA) is 83.6 Å². The summed E-state index contributed by atoms with van der Waals surface area (Å²) in [4.78, 5) is 9.26. The predicted molar refractivity (Wildman–Crippen MR) is 115 cm³/mol. The molecule has 0 atom stereocenters. The second-order valence-electron chi connectivity index (χ2n) is 6.59. The van der Waals surface area contributed by atoms with Crippen LogP contribution in [0.3, 0.4) is 0 Å². The molecule has 0 unspecified atom stereocenters. The van der Waals surface area contributed by atoms with Gasteiger partial charge in [-0.25, -0.2) is 27.6 Å². The van der Waals surface area contributed by atoms with E-state index in [4.69, 9.17) is 16.4 Å². The lowest BCUT2D eigenvalue weighted by atomic mass is 10.1. The molecule has 7 nitrogen and oxygen atoms in total. The minimum atomic E-state index is -4.15. The third-order valence-electron chi connectivity index (χ3n) is 4.50. The highest BCUT2D eigenvalue weighted by Crippen LogP contribution is 2.25. The first kappa shape index (κ1) is 22.0. The number of sulfonamides is 1. The van der Waals surface area contributed by atoms with Crippen LogP contribution in [0.2, 0.25) is 5.02 Å². The molecule has 1 aliphatic heterocycles. The second-order valence-corrected chi connectivity index (χ2v) is 8.71. The smallest absolute Gasteiger partial charge is 0.262 e. The van der Waals surface area contributed by atoms with Crippen LogP contribution in [0.25, 0.3) is 0 Å². The molecule has 0 aliphatic carbocycles. The van der Waals surface area contributed by atoms with Gasteiger partial charge in [-0.2, -0.15) is 5.17 Å². The van der Waals surface area contributed by atoms with Gasteiger partial charge in [0.1, 0.15) is 11.5 Å². The molecule has 1 aromatic heterocycles. The molecule has 2 aromatic carbocycles. The van der Waals surface area contributed by atoms with Gasteiger partial charge < -0.3 is 0 Å². The number of nitrogens with zero attached hydrogens (tertiary/aromatic N) is 2. The number of pyridine rings is 1. The second kappa shape index (κ2) is 8.72. The van der Waals surface area contributed by atoms with Crippen molar-refractivity contribution in [2.24, 2.45) is 0 Å². The SMILES string of the molecule is CON1NCc2ccc(C#Cc3c(F)ccc(NS(=O)(=O)c4cccc(Cl)c4)c3F)nc21. The molecular formula is C21H15ClF2N4O3S. The summed E-state index contributed by atoms with van der Waals surface area (Å²) in [6.07, 6.45) is 0. The van der Waals surface area contributed by atoms with Gasteiger partial charge in [0.15, 0.2) is 11.6 Å². The number of fused-ring (bicyclic) bond motifs is 1. The average Bonchev–Trinajstić information content (AvgIpc) is 3.18. The van der Waals surface area contributed by atoms with Gasteiger partial charge in [0, 0.05) is 17.1 Å². The molecule has 2 N–H and O–H groups in total. The molecule has 32 heavy (non-hydrogen) atoms. The van der Waals surface area contributed by atoms with Gasteiger partial charge in [-0.15, -0.1) is 0 Å². The minimum absolute atomic E-state index is 0.167. The van der Waals surface area contributed by atoms with E-state index in [1.54, 1.807) is 12.1 Å². The van der Waals surface area contributed by atoms with Gasteiger partial charge in [-0.05, 0) is 42.3 Å². The quantitative estimate of drug-likeness (QED) is 0.560. The van der Waals surface area contributed by atoms with Crippen LogP contribution in [0.4, 0.5) is 20.3 Å². The van der Waals surface area contributed by atoms with Crippen LogP contribution in [-0.4, -0.2) is 20.5 Å². The first-order valence-electron chi connectivity index (χ1n) is 9.14. The Hall–Kier alpha value is -3.23. The fourth-order valence-electron chi connectivity index (χ4n) is 2.95.